The van der Waals surface area contributed by atoms with Crippen LogP contribution in [0.5, 0.6) is 5.75 Å². The smallest absolute Gasteiger partial charge is 0.250 e. The van der Waals surface area contributed by atoms with Gasteiger partial charge in [0.25, 0.3) is 0 Å². The minimum Gasteiger partial charge on any atom is -0.493 e. The standard InChI is InChI=1S/C15H15ClN4O2S/c1-9-10(2)23-15-18-14(19-20(9)15)17-13(21)7-8-22-12-5-3-11(16)4-6-12/h3-6H,7-8H2,1-2H3,(H,17,19,21). The van der Waals surface area contributed by atoms with Gasteiger partial charge >= 0.3 is 0 Å². The molecule has 0 aliphatic rings. The molecule has 0 bridgehead atoms. The number of carbonyl (C=O) groups is 1. The number of carbonyl (C=O) groups excluding carboxylic acids is 1. The SMILES string of the molecule is Cc1sc2nc(NC(=O)CCOc3ccc(Cl)cc3)nn2c1C. The summed E-state index contributed by atoms with van der Waals surface area (Å²) >= 11 is 7.34. The highest BCUT2D eigenvalue weighted by atomic mass is 35.5. The summed E-state index contributed by atoms with van der Waals surface area (Å²) in [5.41, 5.74) is 1.03. The fourth-order valence-corrected chi connectivity index (χ4v) is 3.01. The average molecular weight is 351 g/mol. The van der Waals surface area contributed by atoms with Crippen molar-refractivity contribution in [3.8, 4) is 5.75 Å². The van der Waals surface area contributed by atoms with Gasteiger partial charge in [-0.3, -0.25) is 10.1 Å². The lowest BCUT2D eigenvalue weighted by atomic mass is 10.3. The molecule has 2 aromatic heterocycles. The van der Waals surface area contributed by atoms with E-state index in [0.29, 0.717) is 16.7 Å². The van der Waals surface area contributed by atoms with Gasteiger partial charge in [0, 0.05) is 9.90 Å². The van der Waals surface area contributed by atoms with Crippen molar-refractivity contribution in [2.24, 2.45) is 0 Å². The summed E-state index contributed by atoms with van der Waals surface area (Å²) in [5, 5.41) is 7.61. The monoisotopic (exact) mass is 350 g/mol. The van der Waals surface area contributed by atoms with Crippen molar-refractivity contribution in [3.05, 3.63) is 39.9 Å². The minimum absolute atomic E-state index is 0.188. The molecule has 0 unspecified atom stereocenters. The van der Waals surface area contributed by atoms with Gasteiger partial charge in [-0.15, -0.1) is 5.10 Å². The number of aryl methyl sites for hydroxylation is 2. The van der Waals surface area contributed by atoms with E-state index in [4.69, 9.17) is 16.3 Å². The highest BCUT2D eigenvalue weighted by Crippen LogP contribution is 2.21. The van der Waals surface area contributed by atoms with Crippen LogP contribution >= 0.6 is 22.9 Å². The molecule has 1 aromatic carbocycles. The number of hydrogen-bond acceptors (Lipinski definition) is 5. The summed E-state index contributed by atoms with van der Waals surface area (Å²) < 4.78 is 7.22. The van der Waals surface area contributed by atoms with Crippen LogP contribution in [-0.4, -0.2) is 27.1 Å². The quantitative estimate of drug-likeness (QED) is 0.765. The summed E-state index contributed by atoms with van der Waals surface area (Å²) in [7, 11) is 0. The lowest BCUT2D eigenvalue weighted by Gasteiger charge is -2.05. The maximum absolute atomic E-state index is 11.9. The molecule has 3 rings (SSSR count). The molecule has 23 heavy (non-hydrogen) atoms. The molecule has 3 aromatic rings. The zero-order valence-corrected chi connectivity index (χ0v) is 14.2. The van der Waals surface area contributed by atoms with Gasteiger partial charge in [0.1, 0.15) is 5.75 Å². The Kier molecular flexibility index (Phi) is 4.49. The van der Waals surface area contributed by atoms with Gasteiger partial charge in [0.05, 0.1) is 18.7 Å². The first kappa shape index (κ1) is 15.8. The molecular weight excluding hydrogens is 336 g/mol. The van der Waals surface area contributed by atoms with Gasteiger partial charge in [0.15, 0.2) is 0 Å². The van der Waals surface area contributed by atoms with E-state index < -0.39 is 0 Å². The summed E-state index contributed by atoms with van der Waals surface area (Å²) in [6.45, 7) is 4.26. The van der Waals surface area contributed by atoms with E-state index in [1.165, 1.54) is 0 Å². The number of benzene rings is 1. The van der Waals surface area contributed by atoms with Crippen molar-refractivity contribution in [1.82, 2.24) is 14.6 Å². The number of rotatable bonds is 5. The number of amides is 1. The third-order valence-electron chi connectivity index (χ3n) is 3.31. The van der Waals surface area contributed by atoms with Crippen molar-refractivity contribution >= 4 is 39.8 Å². The minimum atomic E-state index is -0.188. The summed E-state index contributed by atoms with van der Waals surface area (Å²) in [5.74, 6) is 0.802. The van der Waals surface area contributed by atoms with Crippen LogP contribution in [0.4, 0.5) is 5.95 Å². The first-order valence-corrected chi connectivity index (χ1v) is 8.23. The van der Waals surface area contributed by atoms with Gasteiger partial charge in [-0.2, -0.15) is 4.98 Å². The van der Waals surface area contributed by atoms with Gasteiger partial charge in [-0.1, -0.05) is 22.9 Å². The van der Waals surface area contributed by atoms with Crippen LogP contribution < -0.4 is 10.1 Å². The van der Waals surface area contributed by atoms with Crippen LogP contribution in [0, 0.1) is 13.8 Å². The maximum Gasteiger partial charge on any atom is 0.250 e. The number of thiazole rings is 1. The Hall–Kier alpha value is -2.12. The largest absolute Gasteiger partial charge is 0.493 e. The number of fused-ring (bicyclic) bond motifs is 1. The summed E-state index contributed by atoms with van der Waals surface area (Å²) in [6.07, 6.45) is 0.216. The average Bonchev–Trinajstić information content (AvgIpc) is 3.01. The van der Waals surface area contributed by atoms with Gasteiger partial charge in [0.2, 0.25) is 16.8 Å². The molecule has 0 aliphatic carbocycles. The lowest BCUT2D eigenvalue weighted by Crippen LogP contribution is -2.16. The first-order chi connectivity index (χ1) is 11.0. The second-order valence-corrected chi connectivity index (χ2v) is 6.59. The molecule has 0 saturated heterocycles. The molecule has 6 nitrogen and oxygen atoms in total. The summed E-state index contributed by atoms with van der Waals surface area (Å²) in [6, 6.07) is 7.00. The first-order valence-electron chi connectivity index (χ1n) is 7.04. The molecule has 120 valence electrons. The van der Waals surface area contributed by atoms with E-state index in [-0.39, 0.29) is 18.9 Å². The van der Waals surface area contributed by atoms with Crippen LogP contribution in [-0.2, 0) is 4.79 Å². The highest BCUT2D eigenvalue weighted by Gasteiger charge is 2.12. The Morgan fingerprint density at radius 3 is 2.78 bits per heavy atom. The number of hydrogen-bond donors (Lipinski definition) is 1. The molecule has 8 heteroatoms. The van der Waals surface area contributed by atoms with Crippen LogP contribution in [0.25, 0.3) is 4.96 Å². The normalized spacial score (nSPS) is 10.9. The van der Waals surface area contributed by atoms with Crippen LogP contribution in [0.15, 0.2) is 24.3 Å². The second-order valence-electron chi connectivity index (χ2n) is 4.97. The molecule has 1 N–H and O–H groups in total. The molecule has 0 saturated carbocycles. The van der Waals surface area contributed by atoms with E-state index >= 15 is 0 Å². The molecular formula is C15H15ClN4O2S. The third kappa shape index (κ3) is 3.62. The highest BCUT2D eigenvalue weighted by molar-refractivity contribution is 7.17. The molecule has 2 heterocycles. The number of nitrogens with zero attached hydrogens (tertiary/aromatic N) is 3. The van der Waals surface area contributed by atoms with E-state index in [0.717, 1.165) is 15.5 Å². The lowest BCUT2D eigenvalue weighted by molar-refractivity contribution is -0.116. The van der Waals surface area contributed by atoms with E-state index in [9.17, 15) is 4.79 Å². The predicted octanol–water partition coefficient (Wildman–Crippen LogP) is 3.47. The van der Waals surface area contributed by atoms with Crippen molar-refractivity contribution in [2.75, 3.05) is 11.9 Å². The number of anilines is 1. The van der Waals surface area contributed by atoms with E-state index in [1.54, 1.807) is 40.1 Å². The Labute approximate surface area is 142 Å². The van der Waals surface area contributed by atoms with Crippen molar-refractivity contribution in [1.29, 1.82) is 0 Å². The zero-order chi connectivity index (χ0) is 16.4. The van der Waals surface area contributed by atoms with E-state index in [2.05, 4.69) is 15.4 Å². The van der Waals surface area contributed by atoms with Crippen molar-refractivity contribution in [3.63, 3.8) is 0 Å². The van der Waals surface area contributed by atoms with E-state index in [1.807, 2.05) is 13.8 Å². The molecule has 0 fully saturated rings. The van der Waals surface area contributed by atoms with Crippen LogP contribution in [0.3, 0.4) is 0 Å². The number of halogens is 1. The molecule has 0 spiro atoms. The number of nitrogens with one attached hydrogen (secondary N) is 1. The fourth-order valence-electron chi connectivity index (χ4n) is 1.97. The topological polar surface area (TPSA) is 68.5 Å². The number of aromatic nitrogens is 3. The Bertz CT molecular complexity index is 841. The summed E-state index contributed by atoms with van der Waals surface area (Å²) in [4.78, 5) is 18.1. The zero-order valence-electron chi connectivity index (χ0n) is 12.7. The van der Waals surface area contributed by atoms with Gasteiger partial charge < -0.3 is 4.74 Å². The third-order valence-corrected chi connectivity index (χ3v) is 4.61. The van der Waals surface area contributed by atoms with Gasteiger partial charge in [-0.25, -0.2) is 4.52 Å². The molecule has 0 aliphatic heterocycles. The number of ether oxygens (including phenoxy) is 1. The Morgan fingerprint density at radius 2 is 2.09 bits per heavy atom. The predicted molar refractivity (Wildman–Crippen MR) is 90.5 cm³/mol. The molecule has 0 radical (unpaired) electrons. The van der Waals surface area contributed by atoms with Crippen LogP contribution in [0.2, 0.25) is 5.02 Å². The van der Waals surface area contributed by atoms with Crippen LogP contribution in [0.1, 0.15) is 17.0 Å². The van der Waals surface area contributed by atoms with Crippen molar-refractivity contribution < 1.29 is 9.53 Å². The van der Waals surface area contributed by atoms with Crippen molar-refractivity contribution in [2.45, 2.75) is 20.3 Å². The maximum atomic E-state index is 11.9. The Balaban J connectivity index is 1.53. The second kappa shape index (κ2) is 6.55. The van der Waals surface area contributed by atoms with Gasteiger partial charge in [-0.05, 0) is 38.1 Å². The fraction of sp³-hybridized carbons (Fsp3) is 0.267. The molecule has 1 amide bonds. The molecule has 0 atom stereocenters. The Morgan fingerprint density at radius 1 is 1.35 bits per heavy atom.